The smallest absolute Gasteiger partial charge is 0.321 e. The molecule has 0 aromatic heterocycles. The first kappa shape index (κ1) is 8.36. The highest BCUT2D eigenvalue weighted by atomic mass is 35.5. The third kappa shape index (κ3) is 1.33. The molecule has 0 aromatic rings. The Balaban J connectivity index is 1.91. The Morgan fingerprint density at radius 1 is 1.58 bits per heavy atom. The van der Waals surface area contributed by atoms with Gasteiger partial charge in [0.2, 0.25) is 0 Å². The quantitative estimate of drug-likeness (QED) is 0.490. The lowest BCUT2D eigenvalue weighted by Crippen LogP contribution is -2.25. The van der Waals surface area contributed by atoms with Gasteiger partial charge in [0, 0.05) is 5.92 Å². The molecule has 3 heteroatoms. The van der Waals surface area contributed by atoms with Crippen LogP contribution >= 0.6 is 11.6 Å². The van der Waals surface area contributed by atoms with Gasteiger partial charge in [0.1, 0.15) is 11.5 Å². The van der Waals surface area contributed by atoms with E-state index in [0.717, 1.165) is 12.8 Å². The van der Waals surface area contributed by atoms with Crippen molar-refractivity contribution in [3.05, 3.63) is 0 Å². The molecule has 2 aliphatic carbocycles. The van der Waals surface area contributed by atoms with Gasteiger partial charge >= 0.3 is 5.97 Å². The summed E-state index contributed by atoms with van der Waals surface area (Å²) in [5.41, 5.74) is -0.0653. The first-order chi connectivity index (χ1) is 5.77. The molecule has 0 unspecified atom stereocenters. The third-order valence-corrected chi connectivity index (χ3v) is 3.22. The average molecular weight is 189 g/mol. The van der Waals surface area contributed by atoms with E-state index in [1.165, 1.54) is 19.3 Å². The Morgan fingerprint density at radius 3 is 3.08 bits per heavy atom. The van der Waals surface area contributed by atoms with E-state index in [4.69, 9.17) is 16.3 Å². The molecule has 0 amide bonds. The lowest BCUT2D eigenvalue weighted by atomic mass is 9.98. The predicted molar refractivity (Wildman–Crippen MR) is 46.1 cm³/mol. The van der Waals surface area contributed by atoms with Crippen LogP contribution in [0.1, 0.15) is 32.1 Å². The fourth-order valence-electron chi connectivity index (χ4n) is 2.27. The number of fused-ring (bicyclic) bond motifs is 1. The third-order valence-electron chi connectivity index (χ3n) is 3.00. The zero-order valence-electron chi connectivity index (χ0n) is 7.01. The number of carbonyl (C=O) groups is 1. The predicted octanol–water partition coefficient (Wildman–Crippen LogP) is 2.10. The molecule has 0 aliphatic heterocycles. The van der Waals surface area contributed by atoms with Crippen LogP contribution in [0.2, 0.25) is 0 Å². The molecule has 2 aliphatic rings. The van der Waals surface area contributed by atoms with Gasteiger partial charge in [-0.15, -0.1) is 11.6 Å². The van der Waals surface area contributed by atoms with Crippen molar-refractivity contribution in [3.8, 4) is 0 Å². The number of alkyl halides is 1. The van der Waals surface area contributed by atoms with Crippen LogP contribution in [0.4, 0.5) is 0 Å². The highest BCUT2D eigenvalue weighted by Gasteiger charge is 2.58. The van der Waals surface area contributed by atoms with Gasteiger partial charge in [0.05, 0.1) is 0 Å². The second-order valence-electron chi connectivity index (χ2n) is 3.82. The van der Waals surface area contributed by atoms with E-state index in [1.54, 1.807) is 0 Å². The van der Waals surface area contributed by atoms with E-state index in [-0.39, 0.29) is 17.5 Å². The van der Waals surface area contributed by atoms with E-state index < -0.39 is 0 Å². The monoisotopic (exact) mass is 188 g/mol. The summed E-state index contributed by atoms with van der Waals surface area (Å²) in [5, 5.41) is 0. The van der Waals surface area contributed by atoms with E-state index in [2.05, 4.69) is 0 Å². The molecule has 0 N–H and O–H groups in total. The molecule has 0 radical (unpaired) electrons. The Kier molecular flexibility index (Phi) is 2.03. The van der Waals surface area contributed by atoms with Crippen molar-refractivity contribution in [1.29, 1.82) is 0 Å². The van der Waals surface area contributed by atoms with E-state index >= 15 is 0 Å². The molecule has 0 saturated heterocycles. The van der Waals surface area contributed by atoms with Gasteiger partial charge in [-0.1, -0.05) is 6.42 Å². The van der Waals surface area contributed by atoms with Crippen molar-refractivity contribution in [2.45, 2.75) is 37.7 Å². The number of halogens is 1. The molecular formula is C9H13ClO2. The molecule has 2 saturated carbocycles. The lowest BCUT2D eigenvalue weighted by molar-refractivity contribution is -0.150. The molecule has 2 fully saturated rings. The second-order valence-corrected chi connectivity index (χ2v) is 4.09. The van der Waals surface area contributed by atoms with Crippen molar-refractivity contribution in [1.82, 2.24) is 0 Å². The van der Waals surface area contributed by atoms with Gasteiger partial charge in [0.25, 0.3) is 0 Å². The number of rotatable bonds is 2. The van der Waals surface area contributed by atoms with Crippen molar-refractivity contribution in [2.75, 3.05) is 5.88 Å². The molecule has 2 rings (SSSR count). The Hall–Kier alpha value is -0.240. The Morgan fingerprint density at radius 2 is 2.42 bits per heavy atom. The molecule has 0 spiro atoms. The van der Waals surface area contributed by atoms with Crippen molar-refractivity contribution in [2.24, 2.45) is 5.92 Å². The normalized spacial score (nSPS) is 38.6. The van der Waals surface area contributed by atoms with E-state index in [1.807, 2.05) is 0 Å². The van der Waals surface area contributed by atoms with Crippen LogP contribution in [-0.2, 0) is 9.53 Å². The van der Waals surface area contributed by atoms with Gasteiger partial charge in [-0.25, -0.2) is 0 Å². The summed E-state index contributed by atoms with van der Waals surface area (Å²) in [6.07, 6.45) is 5.86. The zero-order chi connectivity index (χ0) is 8.60. The zero-order valence-corrected chi connectivity index (χ0v) is 7.77. The summed E-state index contributed by atoms with van der Waals surface area (Å²) in [5.74, 6) is 0.397. The average Bonchev–Trinajstić information content (AvgIpc) is 2.78. The van der Waals surface area contributed by atoms with Crippen molar-refractivity contribution >= 4 is 17.6 Å². The van der Waals surface area contributed by atoms with Crippen LogP contribution in [0.5, 0.6) is 0 Å². The van der Waals surface area contributed by atoms with Gasteiger partial charge in [-0.05, 0) is 25.7 Å². The maximum absolute atomic E-state index is 11.0. The number of hydrogen-bond acceptors (Lipinski definition) is 2. The van der Waals surface area contributed by atoms with Crippen molar-refractivity contribution < 1.29 is 9.53 Å². The minimum absolute atomic E-state index is 0.00549. The summed E-state index contributed by atoms with van der Waals surface area (Å²) >= 11 is 5.38. The lowest BCUT2D eigenvalue weighted by Gasteiger charge is -2.21. The summed E-state index contributed by atoms with van der Waals surface area (Å²) in [6.45, 7) is 0. The van der Waals surface area contributed by atoms with Crippen LogP contribution in [0.15, 0.2) is 0 Å². The van der Waals surface area contributed by atoms with Crippen LogP contribution in [0.3, 0.4) is 0 Å². The standard InChI is InChI=1S/C9H13ClO2/c10-6-8(11)12-9-4-2-1-3-7(9)5-9/h7H,1-6H2/t7-,9-/m1/s1. The fraction of sp³-hybridized carbons (Fsp3) is 0.889. The number of ether oxygens (including phenoxy) is 1. The van der Waals surface area contributed by atoms with E-state index in [9.17, 15) is 4.79 Å². The van der Waals surface area contributed by atoms with Crippen LogP contribution in [0, 0.1) is 5.92 Å². The molecule has 0 aromatic carbocycles. The molecule has 0 bridgehead atoms. The molecular weight excluding hydrogens is 176 g/mol. The highest BCUT2D eigenvalue weighted by molar-refractivity contribution is 6.26. The number of esters is 1. The minimum atomic E-state index is -0.249. The van der Waals surface area contributed by atoms with Crippen LogP contribution in [-0.4, -0.2) is 17.5 Å². The van der Waals surface area contributed by atoms with Gasteiger partial charge in [-0.2, -0.15) is 0 Å². The van der Waals surface area contributed by atoms with Crippen LogP contribution < -0.4 is 0 Å². The molecule has 12 heavy (non-hydrogen) atoms. The largest absolute Gasteiger partial charge is 0.458 e. The second kappa shape index (κ2) is 2.91. The summed E-state index contributed by atoms with van der Waals surface area (Å²) < 4.78 is 5.33. The molecule has 2 nitrogen and oxygen atoms in total. The Bertz CT molecular complexity index is 205. The number of hydrogen-bond donors (Lipinski definition) is 0. The molecule has 68 valence electrons. The van der Waals surface area contributed by atoms with Crippen LogP contribution in [0.25, 0.3) is 0 Å². The minimum Gasteiger partial charge on any atom is -0.458 e. The van der Waals surface area contributed by atoms with E-state index in [0.29, 0.717) is 5.92 Å². The van der Waals surface area contributed by atoms with Gasteiger partial charge < -0.3 is 4.74 Å². The van der Waals surface area contributed by atoms with Gasteiger partial charge in [-0.3, -0.25) is 4.79 Å². The van der Waals surface area contributed by atoms with Gasteiger partial charge in [0.15, 0.2) is 0 Å². The summed E-state index contributed by atoms with van der Waals surface area (Å²) in [4.78, 5) is 11.0. The summed E-state index contributed by atoms with van der Waals surface area (Å²) in [7, 11) is 0. The van der Waals surface area contributed by atoms with Crippen molar-refractivity contribution in [3.63, 3.8) is 0 Å². The highest BCUT2D eigenvalue weighted by Crippen LogP contribution is 2.56. The first-order valence-corrected chi connectivity index (χ1v) is 5.08. The number of carbonyl (C=O) groups excluding carboxylic acids is 1. The summed E-state index contributed by atoms with van der Waals surface area (Å²) in [6, 6.07) is 0. The maximum Gasteiger partial charge on any atom is 0.321 e. The fourth-order valence-corrected chi connectivity index (χ4v) is 2.33. The first-order valence-electron chi connectivity index (χ1n) is 4.55. The Labute approximate surface area is 77.2 Å². The topological polar surface area (TPSA) is 26.3 Å². The molecule has 0 heterocycles. The maximum atomic E-state index is 11.0. The molecule has 2 atom stereocenters. The SMILES string of the molecule is O=C(CCl)O[C@@]12CCCC[C@@H]1C2.